The van der Waals surface area contributed by atoms with E-state index in [1.54, 1.807) is 21.0 Å². The average molecular weight is 279 g/mol. The first-order valence-electron chi connectivity index (χ1n) is 6.29. The predicted molar refractivity (Wildman–Crippen MR) is 71.4 cm³/mol. The van der Waals surface area contributed by atoms with E-state index in [0.29, 0.717) is 26.2 Å². The van der Waals surface area contributed by atoms with Crippen LogP contribution < -0.4 is 10.5 Å². The smallest absolute Gasteiger partial charge is 0.280 e. The third-order valence-electron chi connectivity index (χ3n) is 3.07. The molecule has 0 saturated carbocycles. The zero-order chi connectivity index (χ0) is 13.8. The fourth-order valence-corrected chi connectivity index (χ4v) is 3.90. The fourth-order valence-electron chi connectivity index (χ4n) is 2.24. The first-order valence-corrected chi connectivity index (χ1v) is 7.73. The summed E-state index contributed by atoms with van der Waals surface area (Å²) < 4.78 is 33.7. The SMILES string of the molecule is COCC(C)(C)NS(=O)(=O)N1CCCC(CN)C1. The van der Waals surface area contributed by atoms with Gasteiger partial charge in [0.25, 0.3) is 10.2 Å². The highest BCUT2D eigenvalue weighted by Crippen LogP contribution is 2.18. The minimum Gasteiger partial charge on any atom is -0.383 e. The summed E-state index contributed by atoms with van der Waals surface area (Å²) in [5.41, 5.74) is 5.01. The number of nitrogens with one attached hydrogen (secondary N) is 1. The van der Waals surface area contributed by atoms with Crippen LogP contribution in [-0.4, -0.2) is 51.6 Å². The first-order chi connectivity index (χ1) is 8.30. The summed E-state index contributed by atoms with van der Waals surface area (Å²) in [7, 11) is -1.90. The summed E-state index contributed by atoms with van der Waals surface area (Å²) in [6, 6.07) is 0. The Labute approximate surface area is 110 Å². The van der Waals surface area contributed by atoms with Crippen LogP contribution in [0.5, 0.6) is 0 Å². The van der Waals surface area contributed by atoms with Gasteiger partial charge in [-0.2, -0.15) is 17.4 Å². The third kappa shape index (κ3) is 4.47. The molecule has 0 aliphatic carbocycles. The fraction of sp³-hybridized carbons (Fsp3) is 1.00. The maximum atomic E-state index is 12.3. The van der Waals surface area contributed by atoms with Crippen molar-refractivity contribution < 1.29 is 13.2 Å². The molecular formula is C11H25N3O3S. The van der Waals surface area contributed by atoms with E-state index in [0.717, 1.165) is 12.8 Å². The van der Waals surface area contributed by atoms with Crippen molar-refractivity contribution in [3.05, 3.63) is 0 Å². The van der Waals surface area contributed by atoms with Gasteiger partial charge in [-0.15, -0.1) is 0 Å². The van der Waals surface area contributed by atoms with E-state index in [4.69, 9.17) is 10.5 Å². The normalized spacial score (nSPS) is 23.2. The molecule has 1 unspecified atom stereocenters. The van der Waals surface area contributed by atoms with Gasteiger partial charge in [-0.1, -0.05) is 0 Å². The molecule has 7 heteroatoms. The highest BCUT2D eigenvalue weighted by atomic mass is 32.2. The van der Waals surface area contributed by atoms with Crippen LogP contribution in [-0.2, 0) is 14.9 Å². The van der Waals surface area contributed by atoms with Crippen molar-refractivity contribution in [1.82, 2.24) is 9.03 Å². The number of hydrogen-bond donors (Lipinski definition) is 2. The number of piperidine rings is 1. The van der Waals surface area contributed by atoms with Gasteiger partial charge < -0.3 is 10.5 Å². The molecule has 1 heterocycles. The quantitative estimate of drug-likeness (QED) is 0.712. The summed E-state index contributed by atoms with van der Waals surface area (Å²) >= 11 is 0. The van der Waals surface area contributed by atoms with Crippen molar-refractivity contribution in [2.75, 3.05) is 33.4 Å². The average Bonchev–Trinajstić information content (AvgIpc) is 2.27. The van der Waals surface area contributed by atoms with Crippen LogP contribution in [0.4, 0.5) is 0 Å². The van der Waals surface area contributed by atoms with E-state index in [-0.39, 0.29) is 5.92 Å². The van der Waals surface area contributed by atoms with Gasteiger partial charge in [0, 0.05) is 20.2 Å². The van der Waals surface area contributed by atoms with Crippen molar-refractivity contribution >= 4 is 10.2 Å². The molecule has 0 radical (unpaired) electrons. The Morgan fingerprint density at radius 3 is 2.72 bits per heavy atom. The Morgan fingerprint density at radius 2 is 2.17 bits per heavy atom. The van der Waals surface area contributed by atoms with Crippen LogP contribution in [0.3, 0.4) is 0 Å². The number of methoxy groups -OCH3 is 1. The highest BCUT2D eigenvalue weighted by Gasteiger charge is 2.32. The zero-order valence-electron chi connectivity index (χ0n) is 11.5. The second-order valence-corrected chi connectivity index (χ2v) is 7.20. The Hall–Kier alpha value is -0.210. The van der Waals surface area contributed by atoms with E-state index >= 15 is 0 Å². The highest BCUT2D eigenvalue weighted by molar-refractivity contribution is 7.87. The Bertz CT molecular complexity index is 357. The maximum Gasteiger partial charge on any atom is 0.280 e. The van der Waals surface area contributed by atoms with E-state index in [2.05, 4.69) is 4.72 Å². The number of nitrogens with two attached hydrogens (primary N) is 1. The van der Waals surface area contributed by atoms with Crippen LogP contribution in [0.1, 0.15) is 26.7 Å². The zero-order valence-corrected chi connectivity index (χ0v) is 12.3. The van der Waals surface area contributed by atoms with Crippen molar-refractivity contribution in [3.8, 4) is 0 Å². The van der Waals surface area contributed by atoms with Crippen LogP contribution in [0.15, 0.2) is 0 Å². The lowest BCUT2D eigenvalue weighted by atomic mass is 10.0. The molecule has 18 heavy (non-hydrogen) atoms. The third-order valence-corrected chi connectivity index (χ3v) is 4.89. The predicted octanol–water partition coefficient (Wildman–Crippen LogP) is -0.0835. The lowest BCUT2D eigenvalue weighted by molar-refractivity contribution is 0.139. The van der Waals surface area contributed by atoms with E-state index in [1.165, 1.54) is 4.31 Å². The van der Waals surface area contributed by atoms with Crippen molar-refractivity contribution in [2.45, 2.75) is 32.2 Å². The summed E-state index contributed by atoms with van der Waals surface area (Å²) in [4.78, 5) is 0. The molecule has 1 aliphatic heterocycles. The number of nitrogens with zero attached hydrogens (tertiary/aromatic N) is 1. The molecule has 6 nitrogen and oxygen atoms in total. The standard InChI is InChI=1S/C11H25N3O3S/c1-11(2,9-17-3)13-18(15,16)14-6-4-5-10(7-12)8-14/h10,13H,4-9,12H2,1-3H3. The lowest BCUT2D eigenvalue weighted by Gasteiger charge is -2.34. The maximum absolute atomic E-state index is 12.3. The van der Waals surface area contributed by atoms with Gasteiger partial charge >= 0.3 is 0 Å². The molecule has 1 atom stereocenters. The van der Waals surface area contributed by atoms with Gasteiger partial charge in [-0.25, -0.2) is 0 Å². The molecule has 1 aliphatic rings. The minimum absolute atomic E-state index is 0.265. The Morgan fingerprint density at radius 1 is 1.50 bits per heavy atom. The van der Waals surface area contributed by atoms with Gasteiger partial charge in [0.1, 0.15) is 0 Å². The molecule has 1 fully saturated rings. The van der Waals surface area contributed by atoms with Crippen LogP contribution in [0.2, 0.25) is 0 Å². The molecule has 0 bridgehead atoms. The number of rotatable bonds is 6. The van der Waals surface area contributed by atoms with Gasteiger partial charge in [-0.3, -0.25) is 0 Å². The summed E-state index contributed by atoms with van der Waals surface area (Å²) in [6.45, 7) is 5.55. The van der Waals surface area contributed by atoms with E-state index in [1.807, 2.05) is 0 Å². The molecule has 108 valence electrons. The summed E-state index contributed by atoms with van der Waals surface area (Å²) in [6.07, 6.45) is 1.87. The Kier molecular flexibility index (Phi) is 5.54. The molecule has 0 aromatic rings. The van der Waals surface area contributed by atoms with Gasteiger partial charge in [0.05, 0.1) is 12.1 Å². The largest absolute Gasteiger partial charge is 0.383 e. The van der Waals surface area contributed by atoms with Crippen molar-refractivity contribution in [1.29, 1.82) is 0 Å². The van der Waals surface area contributed by atoms with Gasteiger partial charge in [0.2, 0.25) is 0 Å². The first kappa shape index (κ1) is 15.8. The molecule has 0 amide bonds. The van der Waals surface area contributed by atoms with Crippen molar-refractivity contribution in [2.24, 2.45) is 11.7 Å². The molecule has 3 N–H and O–H groups in total. The second-order valence-electron chi connectivity index (χ2n) is 5.53. The van der Waals surface area contributed by atoms with Gasteiger partial charge in [0.15, 0.2) is 0 Å². The van der Waals surface area contributed by atoms with Crippen LogP contribution in [0, 0.1) is 5.92 Å². The molecule has 0 aromatic heterocycles. The van der Waals surface area contributed by atoms with Crippen LogP contribution >= 0.6 is 0 Å². The number of ether oxygens (including phenoxy) is 1. The topological polar surface area (TPSA) is 84.7 Å². The van der Waals surface area contributed by atoms with E-state index < -0.39 is 15.7 Å². The van der Waals surface area contributed by atoms with E-state index in [9.17, 15) is 8.42 Å². The monoisotopic (exact) mass is 279 g/mol. The minimum atomic E-state index is -3.46. The number of hydrogen-bond acceptors (Lipinski definition) is 4. The van der Waals surface area contributed by atoms with Gasteiger partial charge in [-0.05, 0) is 39.2 Å². The molecule has 1 rings (SSSR count). The molecular weight excluding hydrogens is 254 g/mol. The van der Waals surface area contributed by atoms with Crippen LogP contribution in [0.25, 0.3) is 0 Å². The molecule has 1 saturated heterocycles. The Balaban J connectivity index is 2.68. The lowest BCUT2D eigenvalue weighted by Crippen LogP contribution is -2.54. The molecule has 0 spiro atoms. The van der Waals surface area contributed by atoms with Crippen molar-refractivity contribution in [3.63, 3.8) is 0 Å². The summed E-state index contributed by atoms with van der Waals surface area (Å²) in [5.74, 6) is 0.265. The summed E-state index contributed by atoms with van der Waals surface area (Å²) in [5, 5.41) is 0. The second kappa shape index (κ2) is 6.29. The molecule has 0 aromatic carbocycles.